The van der Waals surface area contributed by atoms with Crippen LogP contribution in [0, 0.1) is 0 Å². The number of carbonyl (C=O) groups excluding carboxylic acids is 1. The van der Waals surface area contributed by atoms with E-state index in [1.807, 2.05) is 24.3 Å². The van der Waals surface area contributed by atoms with Gasteiger partial charge in [-0.3, -0.25) is 18.7 Å². The average Bonchev–Trinajstić information content (AvgIpc) is 2.97. The number of fused-ring (bicyclic) bond motifs is 1. The summed E-state index contributed by atoms with van der Waals surface area (Å²) in [5.41, 5.74) is 0.981. The quantitative estimate of drug-likeness (QED) is 0.606. The van der Waals surface area contributed by atoms with Crippen LogP contribution in [0.15, 0.2) is 44.5 Å². The zero-order chi connectivity index (χ0) is 19.0. The van der Waals surface area contributed by atoms with Crippen molar-refractivity contribution in [3.63, 3.8) is 0 Å². The summed E-state index contributed by atoms with van der Waals surface area (Å²) < 4.78 is 10.0. The lowest BCUT2D eigenvalue weighted by Gasteiger charge is -2.10. The predicted octanol–water partition coefficient (Wildman–Crippen LogP) is 2.03. The third kappa shape index (κ3) is 3.01. The minimum atomic E-state index is -0.420. The van der Waals surface area contributed by atoms with Crippen LogP contribution in [0.4, 0.5) is 0 Å². The number of esters is 1. The van der Waals surface area contributed by atoms with Gasteiger partial charge < -0.3 is 9.30 Å². The molecule has 26 heavy (non-hydrogen) atoms. The summed E-state index contributed by atoms with van der Waals surface area (Å²) >= 11 is 3.43. The number of hydrogen-bond acceptors (Lipinski definition) is 4. The summed E-state index contributed by atoms with van der Waals surface area (Å²) in [7, 11) is 3.04. The van der Waals surface area contributed by atoms with Crippen LogP contribution >= 0.6 is 15.9 Å². The van der Waals surface area contributed by atoms with Crippen LogP contribution in [0.25, 0.3) is 22.2 Å². The molecule has 0 bridgehead atoms. The van der Waals surface area contributed by atoms with Crippen molar-refractivity contribution in [1.29, 1.82) is 0 Å². The number of halogens is 1. The Morgan fingerprint density at radius 1 is 1.19 bits per heavy atom. The number of aryl methyl sites for hydroxylation is 1. The number of ether oxygens (including phenoxy) is 1. The monoisotopic (exact) mass is 419 g/mol. The fourth-order valence-electron chi connectivity index (χ4n) is 3.01. The van der Waals surface area contributed by atoms with Gasteiger partial charge in [0.15, 0.2) is 0 Å². The van der Waals surface area contributed by atoms with Crippen LogP contribution in [0.3, 0.4) is 0 Å². The lowest BCUT2D eigenvalue weighted by atomic mass is 10.1. The van der Waals surface area contributed by atoms with E-state index in [0.717, 1.165) is 14.6 Å². The van der Waals surface area contributed by atoms with Crippen molar-refractivity contribution in [2.24, 2.45) is 14.1 Å². The van der Waals surface area contributed by atoms with Crippen molar-refractivity contribution < 1.29 is 9.53 Å². The molecule has 0 atom stereocenters. The Morgan fingerprint density at radius 2 is 1.92 bits per heavy atom. The first-order valence-electron chi connectivity index (χ1n) is 8.05. The van der Waals surface area contributed by atoms with Crippen LogP contribution in [0.5, 0.6) is 0 Å². The van der Waals surface area contributed by atoms with E-state index in [-0.39, 0.29) is 13.2 Å². The summed E-state index contributed by atoms with van der Waals surface area (Å²) in [6, 6.07) is 7.43. The second kappa shape index (κ2) is 6.95. The van der Waals surface area contributed by atoms with E-state index in [4.69, 9.17) is 4.74 Å². The Bertz CT molecular complexity index is 1120. The summed E-state index contributed by atoms with van der Waals surface area (Å²) in [6.07, 6.45) is 1.64. The molecule has 0 aliphatic rings. The van der Waals surface area contributed by atoms with Gasteiger partial charge in [0.1, 0.15) is 6.54 Å². The van der Waals surface area contributed by atoms with Crippen LogP contribution in [0.1, 0.15) is 6.92 Å². The van der Waals surface area contributed by atoms with E-state index in [2.05, 4.69) is 15.9 Å². The molecule has 1 aromatic carbocycles. The van der Waals surface area contributed by atoms with Crippen LogP contribution in [0.2, 0.25) is 0 Å². The smallest absolute Gasteiger partial charge is 0.330 e. The van der Waals surface area contributed by atoms with Crippen molar-refractivity contribution in [2.75, 3.05) is 6.61 Å². The van der Waals surface area contributed by atoms with Crippen molar-refractivity contribution in [3.8, 4) is 11.3 Å². The van der Waals surface area contributed by atoms with Crippen LogP contribution < -0.4 is 11.2 Å². The number of nitrogens with zero attached hydrogens (tertiary/aromatic N) is 3. The molecule has 0 saturated carbocycles. The summed E-state index contributed by atoms with van der Waals surface area (Å²) in [5.74, 6) is -0.411. The molecule has 0 spiro atoms. The van der Waals surface area contributed by atoms with Gasteiger partial charge in [0.25, 0.3) is 5.56 Å². The second-order valence-electron chi connectivity index (χ2n) is 5.89. The average molecular weight is 420 g/mol. The van der Waals surface area contributed by atoms with Crippen molar-refractivity contribution in [2.45, 2.75) is 13.5 Å². The van der Waals surface area contributed by atoms with Crippen molar-refractivity contribution in [3.05, 3.63) is 55.8 Å². The van der Waals surface area contributed by atoms with Crippen LogP contribution in [-0.4, -0.2) is 26.3 Å². The largest absolute Gasteiger partial charge is 0.465 e. The highest BCUT2D eigenvalue weighted by atomic mass is 79.9. The number of aromatic nitrogens is 3. The van der Waals surface area contributed by atoms with E-state index < -0.39 is 17.2 Å². The molecular formula is C18H18BrN3O4. The number of rotatable bonds is 4. The van der Waals surface area contributed by atoms with Gasteiger partial charge in [-0.15, -0.1) is 0 Å². The van der Waals surface area contributed by atoms with Gasteiger partial charge in [-0.05, 0) is 19.1 Å². The van der Waals surface area contributed by atoms with Crippen molar-refractivity contribution in [1.82, 2.24) is 13.7 Å². The number of hydrogen-bond donors (Lipinski definition) is 0. The maximum absolute atomic E-state index is 12.8. The SMILES string of the molecule is CCOC(=O)Cn1cc2c(c1-c1cccc(Br)c1)c(=O)n(C)c(=O)n2C. The van der Waals surface area contributed by atoms with E-state index >= 15 is 0 Å². The fourth-order valence-corrected chi connectivity index (χ4v) is 3.40. The minimum absolute atomic E-state index is 0.0539. The highest BCUT2D eigenvalue weighted by Crippen LogP contribution is 2.29. The molecule has 8 heteroatoms. The second-order valence-corrected chi connectivity index (χ2v) is 6.80. The molecule has 0 radical (unpaired) electrons. The zero-order valence-electron chi connectivity index (χ0n) is 14.7. The molecule has 0 fully saturated rings. The Hall–Kier alpha value is -2.61. The predicted molar refractivity (Wildman–Crippen MR) is 102 cm³/mol. The van der Waals surface area contributed by atoms with Gasteiger partial charge in [-0.25, -0.2) is 4.79 Å². The molecule has 0 N–H and O–H groups in total. The Balaban J connectivity index is 2.39. The highest BCUT2D eigenvalue weighted by molar-refractivity contribution is 9.10. The van der Waals surface area contributed by atoms with Gasteiger partial charge in [0, 0.05) is 30.3 Å². The first-order chi connectivity index (χ1) is 12.3. The van der Waals surface area contributed by atoms with E-state index in [9.17, 15) is 14.4 Å². The molecule has 0 aliphatic carbocycles. The standard InChI is InChI=1S/C18H18BrN3O4/c1-4-26-14(23)10-22-9-13-15(17(24)21(3)18(25)20(13)2)16(22)11-6-5-7-12(19)8-11/h5-9H,4,10H2,1-3H3. The van der Waals surface area contributed by atoms with Gasteiger partial charge in [-0.2, -0.15) is 0 Å². The topological polar surface area (TPSA) is 75.2 Å². The third-order valence-corrected chi connectivity index (χ3v) is 4.71. The third-order valence-electron chi connectivity index (χ3n) is 4.21. The van der Waals surface area contributed by atoms with Gasteiger partial charge in [0.05, 0.1) is 23.2 Å². The molecule has 0 saturated heterocycles. The van der Waals surface area contributed by atoms with Crippen LogP contribution in [-0.2, 0) is 30.2 Å². The number of benzene rings is 1. The van der Waals surface area contributed by atoms with Crippen molar-refractivity contribution >= 4 is 32.8 Å². The summed E-state index contributed by atoms with van der Waals surface area (Å²) in [4.78, 5) is 37.1. The molecule has 3 aromatic rings. The Morgan fingerprint density at radius 3 is 2.58 bits per heavy atom. The maximum atomic E-state index is 12.8. The normalized spacial score (nSPS) is 11.1. The molecule has 0 unspecified atom stereocenters. The maximum Gasteiger partial charge on any atom is 0.330 e. The molecule has 136 valence electrons. The minimum Gasteiger partial charge on any atom is -0.465 e. The lowest BCUT2D eigenvalue weighted by Crippen LogP contribution is -2.36. The fraction of sp³-hybridized carbons (Fsp3) is 0.278. The zero-order valence-corrected chi connectivity index (χ0v) is 16.2. The molecule has 2 heterocycles. The summed E-state index contributed by atoms with van der Waals surface area (Å²) in [6.45, 7) is 1.95. The molecule has 2 aromatic heterocycles. The van der Waals surface area contributed by atoms with E-state index in [1.165, 1.54) is 11.6 Å². The molecule has 0 aliphatic heterocycles. The Labute approximate surface area is 157 Å². The van der Waals surface area contributed by atoms with Gasteiger partial charge >= 0.3 is 11.7 Å². The molecule has 7 nitrogen and oxygen atoms in total. The molecule has 3 rings (SSSR count). The Kier molecular flexibility index (Phi) is 4.86. The summed E-state index contributed by atoms with van der Waals surface area (Å²) in [5, 5.41) is 0.386. The van der Waals surface area contributed by atoms with Gasteiger partial charge in [0.2, 0.25) is 0 Å². The van der Waals surface area contributed by atoms with E-state index in [1.54, 1.807) is 24.7 Å². The first-order valence-corrected chi connectivity index (χ1v) is 8.84. The first kappa shape index (κ1) is 18.2. The molecule has 0 amide bonds. The molecular weight excluding hydrogens is 402 g/mol. The van der Waals surface area contributed by atoms with Gasteiger partial charge in [-0.1, -0.05) is 28.1 Å². The highest BCUT2D eigenvalue weighted by Gasteiger charge is 2.20. The number of carbonyl (C=O) groups is 1. The van der Waals surface area contributed by atoms with E-state index in [0.29, 0.717) is 16.6 Å². The lowest BCUT2D eigenvalue weighted by molar-refractivity contribution is -0.143.